The Morgan fingerprint density at radius 2 is 1.71 bits per heavy atom. The topological polar surface area (TPSA) is 71.3 Å². The first-order valence-electron chi connectivity index (χ1n) is 9.95. The number of hydrogen-bond acceptors (Lipinski definition) is 4. The first-order valence-corrected chi connectivity index (χ1v) is 9.95. The first kappa shape index (κ1) is 20.0. The maximum absolute atomic E-state index is 10.3. The molecule has 1 saturated heterocycles. The Labute approximate surface area is 167 Å². The van der Waals surface area contributed by atoms with Crippen molar-refractivity contribution in [2.75, 3.05) is 44.2 Å². The van der Waals surface area contributed by atoms with E-state index in [1.165, 1.54) is 0 Å². The second-order valence-electron chi connectivity index (χ2n) is 7.00. The number of nitrogens with zero attached hydrogens (tertiary/aromatic N) is 3. The zero-order valence-corrected chi connectivity index (χ0v) is 16.5. The molecule has 1 unspecified atom stereocenters. The standard InChI is InChI=1S/C22H30N4O2/c1-2-23-22(24-17-19(27)16-18-8-4-3-5-9-18)26-14-12-25(13-15-26)20-10-6-7-11-21(20)28/h3-11,19,27-28H,2,12-17H2,1H3,(H,23,24). The summed E-state index contributed by atoms with van der Waals surface area (Å²) in [5, 5.41) is 23.8. The molecular weight excluding hydrogens is 352 g/mol. The van der Waals surface area contributed by atoms with Gasteiger partial charge in [-0.15, -0.1) is 0 Å². The Bertz CT molecular complexity index is 758. The van der Waals surface area contributed by atoms with Crippen molar-refractivity contribution < 1.29 is 10.2 Å². The fourth-order valence-electron chi connectivity index (χ4n) is 3.46. The van der Waals surface area contributed by atoms with Gasteiger partial charge in [0.15, 0.2) is 5.96 Å². The lowest BCUT2D eigenvalue weighted by atomic mass is 10.1. The number of phenols is 1. The number of aromatic hydroxyl groups is 1. The summed E-state index contributed by atoms with van der Waals surface area (Å²) in [6.07, 6.45) is 0.101. The molecule has 150 valence electrons. The number of aliphatic hydroxyl groups is 1. The zero-order chi connectivity index (χ0) is 19.8. The Kier molecular flexibility index (Phi) is 7.14. The van der Waals surface area contributed by atoms with Crippen molar-refractivity contribution in [3.8, 4) is 5.75 Å². The fourth-order valence-corrected chi connectivity index (χ4v) is 3.46. The predicted octanol–water partition coefficient (Wildman–Crippen LogP) is 2.08. The minimum atomic E-state index is -0.501. The predicted molar refractivity (Wildman–Crippen MR) is 114 cm³/mol. The average molecular weight is 383 g/mol. The maximum Gasteiger partial charge on any atom is 0.194 e. The van der Waals surface area contributed by atoms with Crippen molar-refractivity contribution in [2.45, 2.75) is 19.4 Å². The van der Waals surface area contributed by atoms with E-state index in [1.54, 1.807) is 6.07 Å². The summed E-state index contributed by atoms with van der Waals surface area (Å²) in [5.74, 6) is 1.16. The minimum absolute atomic E-state index is 0.320. The lowest BCUT2D eigenvalue weighted by Gasteiger charge is -2.38. The number of rotatable bonds is 6. The molecule has 3 rings (SSSR count). The van der Waals surface area contributed by atoms with Crippen LogP contribution in [-0.4, -0.2) is 66.4 Å². The van der Waals surface area contributed by atoms with Crippen molar-refractivity contribution in [1.82, 2.24) is 10.2 Å². The molecule has 0 radical (unpaired) electrons. The number of aliphatic hydroxyl groups excluding tert-OH is 1. The molecule has 1 aliphatic heterocycles. The van der Waals surface area contributed by atoms with Gasteiger partial charge >= 0.3 is 0 Å². The van der Waals surface area contributed by atoms with E-state index < -0.39 is 6.10 Å². The SMILES string of the molecule is CCNC(=NCC(O)Cc1ccccc1)N1CCN(c2ccccc2O)CC1. The van der Waals surface area contributed by atoms with Crippen LogP contribution in [0.2, 0.25) is 0 Å². The highest BCUT2D eigenvalue weighted by atomic mass is 16.3. The molecule has 0 spiro atoms. The van der Waals surface area contributed by atoms with Crippen LogP contribution in [0.4, 0.5) is 5.69 Å². The van der Waals surface area contributed by atoms with Crippen LogP contribution in [0.15, 0.2) is 59.6 Å². The Morgan fingerprint density at radius 1 is 1.04 bits per heavy atom. The highest BCUT2D eigenvalue weighted by Gasteiger charge is 2.21. The Hall–Kier alpha value is -2.73. The molecule has 0 saturated carbocycles. The number of benzene rings is 2. The smallest absolute Gasteiger partial charge is 0.194 e. The third-order valence-corrected chi connectivity index (χ3v) is 4.90. The lowest BCUT2D eigenvalue weighted by Crippen LogP contribution is -2.52. The zero-order valence-electron chi connectivity index (χ0n) is 16.5. The van der Waals surface area contributed by atoms with Crippen LogP contribution < -0.4 is 10.2 Å². The molecule has 1 heterocycles. The van der Waals surface area contributed by atoms with Crippen molar-refractivity contribution >= 4 is 11.6 Å². The van der Waals surface area contributed by atoms with Gasteiger partial charge in [-0.25, -0.2) is 0 Å². The van der Waals surface area contributed by atoms with Gasteiger partial charge in [0, 0.05) is 39.1 Å². The summed E-state index contributed by atoms with van der Waals surface area (Å²) < 4.78 is 0. The largest absolute Gasteiger partial charge is 0.506 e. The molecule has 28 heavy (non-hydrogen) atoms. The van der Waals surface area contributed by atoms with Crippen molar-refractivity contribution in [3.63, 3.8) is 0 Å². The highest BCUT2D eigenvalue weighted by Crippen LogP contribution is 2.27. The van der Waals surface area contributed by atoms with Gasteiger partial charge in [0.2, 0.25) is 0 Å². The third-order valence-electron chi connectivity index (χ3n) is 4.90. The molecule has 2 aromatic carbocycles. The molecule has 1 atom stereocenters. The number of para-hydroxylation sites is 2. The van der Waals surface area contributed by atoms with Crippen LogP contribution in [0.25, 0.3) is 0 Å². The summed E-state index contributed by atoms with van der Waals surface area (Å²) in [6, 6.07) is 17.5. The Morgan fingerprint density at radius 3 is 2.39 bits per heavy atom. The lowest BCUT2D eigenvalue weighted by molar-refractivity contribution is 0.183. The molecular formula is C22H30N4O2. The van der Waals surface area contributed by atoms with E-state index in [0.717, 1.165) is 49.9 Å². The summed E-state index contributed by atoms with van der Waals surface area (Å²) in [7, 11) is 0. The summed E-state index contributed by atoms with van der Waals surface area (Å²) in [5.41, 5.74) is 1.99. The Balaban J connectivity index is 1.56. The minimum Gasteiger partial charge on any atom is -0.506 e. The molecule has 0 bridgehead atoms. The third kappa shape index (κ3) is 5.39. The molecule has 2 aromatic rings. The van der Waals surface area contributed by atoms with E-state index in [0.29, 0.717) is 18.7 Å². The molecule has 6 nitrogen and oxygen atoms in total. The molecule has 6 heteroatoms. The van der Waals surface area contributed by atoms with Crippen molar-refractivity contribution in [1.29, 1.82) is 0 Å². The molecule has 0 aromatic heterocycles. The van der Waals surface area contributed by atoms with Crippen LogP contribution in [-0.2, 0) is 6.42 Å². The second kappa shape index (κ2) is 9.99. The van der Waals surface area contributed by atoms with E-state index in [-0.39, 0.29) is 0 Å². The van der Waals surface area contributed by atoms with Crippen LogP contribution in [0.5, 0.6) is 5.75 Å². The van der Waals surface area contributed by atoms with Crippen LogP contribution in [0.1, 0.15) is 12.5 Å². The molecule has 1 fully saturated rings. The summed E-state index contributed by atoms with van der Waals surface area (Å²) in [4.78, 5) is 9.07. The van der Waals surface area contributed by atoms with Gasteiger partial charge in [-0.3, -0.25) is 4.99 Å². The van der Waals surface area contributed by atoms with Gasteiger partial charge in [-0.2, -0.15) is 0 Å². The van der Waals surface area contributed by atoms with Gasteiger partial charge in [0.25, 0.3) is 0 Å². The summed E-state index contributed by atoms with van der Waals surface area (Å²) in [6.45, 7) is 6.46. The average Bonchev–Trinajstić information content (AvgIpc) is 2.72. The van der Waals surface area contributed by atoms with E-state index >= 15 is 0 Å². The second-order valence-corrected chi connectivity index (χ2v) is 7.00. The number of anilines is 1. The molecule has 0 amide bonds. The van der Waals surface area contributed by atoms with Crippen LogP contribution in [0.3, 0.4) is 0 Å². The van der Waals surface area contributed by atoms with E-state index in [9.17, 15) is 10.2 Å². The van der Waals surface area contributed by atoms with Crippen LogP contribution in [0, 0.1) is 0 Å². The monoisotopic (exact) mass is 382 g/mol. The summed E-state index contributed by atoms with van der Waals surface area (Å²) >= 11 is 0. The van der Waals surface area contributed by atoms with Gasteiger partial charge < -0.3 is 25.3 Å². The number of guanidine groups is 1. The van der Waals surface area contributed by atoms with Gasteiger partial charge in [0.05, 0.1) is 18.3 Å². The first-order chi connectivity index (χ1) is 13.7. The van der Waals surface area contributed by atoms with Crippen molar-refractivity contribution in [2.24, 2.45) is 4.99 Å². The number of hydrogen-bond donors (Lipinski definition) is 3. The van der Waals surface area contributed by atoms with E-state index in [4.69, 9.17) is 0 Å². The van der Waals surface area contributed by atoms with Gasteiger partial charge in [0.1, 0.15) is 5.75 Å². The molecule has 3 N–H and O–H groups in total. The van der Waals surface area contributed by atoms with E-state index in [2.05, 4.69) is 20.1 Å². The molecule has 0 aliphatic carbocycles. The fraction of sp³-hybridized carbons (Fsp3) is 0.409. The van der Waals surface area contributed by atoms with Gasteiger partial charge in [-0.1, -0.05) is 42.5 Å². The number of aliphatic imine (C=N–C) groups is 1. The quantitative estimate of drug-likeness (QED) is 0.527. The normalized spacial score (nSPS) is 16.1. The highest BCUT2D eigenvalue weighted by molar-refractivity contribution is 5.80. The van der Waals surface area contributed by atoms with Crippen molar-refractivity contribution in [3.05, 3.63) is 60.2 Å². The van der Waals surface area contributed by atoms with Crippen LogP contribution >= 0.6 is 0 Å². The van der Waals surface area contributed by atoms with Gasteiger partial charge in [-0.05, 0) is 24.6 Å². The van der Waals surface area contributed by atoms with E-state index in [1.807, 2.05) is 55.5 Å². The number of phenolic OH excluding ortho intramolecular Hbond substituents is 1. The number of nitrogens with one attached hydrogen (secondary N) is 1. The number of piperazine rings is 1. The maximum atomic E-state index is 10.3. The molecule has 1 aliphatic rings.